The van der Waals surface area contributed by atoms with Gasteiger partial charge in [0, 0.05) is 53.4 Å². The lowest BCUT2D eigenvalue weighted by Crippen LogP contribution is -2.12. The minimum absolute atomic E-state index is 0.0221. The Morgan fingerprint density at radius 3 is 1.46 bits per heavy atom. The molecule has 6 heterocycles. The Balaban J connectivity index is 0.000000197. The number of aromatic hydroxyl groups is 1. The average molecular weight is 1100 g/mol. The molecule has 0 fully saturated rings. The number of aliphatic hydroxyl groups is 2. The quantitative estimate of drug-likeness (QED) is 0.0969. The molecule has 0 bridgehead atoms. The lowest BCUT2D eigenvalue weighted by molar-refractivity contribution is -0.138. The molecule has 27 heteroatoms. The molecule has 65 heavy (non-hydrogen) atoms. The predicted molar refractivity (Wildman–Crippen MR) is 232 cm³/mol. The number of alkyl halides is 7. The number of imidazole rings is 2. The number of fused-ring (bicyclic) bond motifs is 2. The average Bonchev–Trinajstić information content (AvgIpc) is 4.05. The molecular weight excluding hydrogens is 1070 g/mol. The number of halogens is 13. The maximum Gasteiger partial charge on any atom is 0.417 e. The van der Waals surface area contributed by atoms with Gasteiger partial charge in [-0.3, -0.25) is 0 Å². The van der Waals surface area contributed by atoms with E-state index in [9.17, 15) is 36.6 Å². The number of aromatic nitrogens is 8. The molecule has 0 amide bonds. The highest BCUT2D eigenvalue weighted by molar-refractivity contribution is 9.09. The Morgan fingerprint density at radius 1 is 0.615 bits per heavy atom. The molecule has 8 aromatic rings. The van der Waals surface area contributed by atoms with Gasteiger partial charge in [-0.25, -0.2) is 9.97 Å². The summed E-state index contributed by atoms with van der Waals surface area (Å²) in [5, 5.41) is 35.7. The van der Waals surface area contributed by atoms with Crippen LogP contribution in [0.25, 0.3) is 57.2 Å². The van der Waals surface area contributed by atoms with Crippen LogP contribution in [0, 0.1) is 0 Å². The van der Waals surface area contributed by atoms with Crippen LogP contribution in [0.15, 0.2) is 70.2 Å². The number of phenols is 1. The van der Waals surface area contributed by atoms with Crippen molar-refractivity contribution in [3.05, 3.63) is 102 Å². The number of ether oxygens (including phenoxy) is 1. The largest absolute Gasteiger partial charge is 0.506 e. The molecule has 3 N–H and O–H groups in total. The zero-order valence-electron chi connectivity index (χ0n) is 32.4. The summed E-state index contributed by atoms with van der Waals surface area (Å²) in [4.78, 5) is 16.7. The van der Waals surface area contributed by atoms with E-state index < -0.39 is 29.6 Å². The fourth-order valence-corrected chi connectivity index (χ4v) is 6.61. The first kappa shape index (κ1) is 49.8. The fraction of sp³-hybridized carbons (Fsp3) is 0.211. The second-order valence-corrected chi connectivity index (χ2v) is 16.5. The van der Waals surface area contributed by atoms with Crippen LogP contribution >= 0.6 is 85.5 Å². The third-order valence-electron chi connectivity index (χ3n) is 8.20. The third kappa shape index (κ3) is 11.9. The molecule has 2 atom stereocenters. The summed E-state index contributed by atoms with van der Waals surface area (Å²) in [5.74, 6) is 0.0581. The second kappa shape index (κ2) is 20.1. The number of aliphatic hydroxyl groups excluding tert-OH is 2. The number of nitrogens with zero attached hydrogens (tertiary/aromatic N) is 8. The molecule has 0 spiro atoms. The maximum absolute atomic E-state index is 13.0. The van der Waals surface area contributed by atoms with E-state index in [0.29, 0.717) is 16.5 Å². The number of rotatable bonds is 8. The normalized spacial score (nSPS) is 12.8. The smallest absolute Gasteiger partial charge is 0.417 e. The minimum Gasteiger partial charge on any atom is -0.506 e. The van der Waals surface area contributed by atoms with Crippen molar-refractivity contribution >= 4 is 96.8 Å². The van der Waals surface area contributed by atoms with Crippen molar-refractivity contribution in [2.45, 2.75) is 38.4 Å². The predicted octanol–water partition coefficient (Wildman–Crippen LogP) is 12.3. The standard InChI is InChI=1S/C19H12Cl3F3N4O3.C16H6Cl3F3N4O2.C3H7BrO/c1-8(30)7-31-15-4-11(20)10(3-12(15)21)16-27-18(32-28-16)14-6-29-5-9(19(23,24)25)2-13(22)17(29)26-14;17-8-3-12(27)9(18)2-7(8)13-24-15(28-25-13)11-5-26-4-6(16(20,21)22)1-10(19)14(26)23-11;1-3(5)2-4/h2-6,8,30H,7H2,1H3;1-5,27H;3,5H,2H2,1H3. The lowest BCUT2D eigenvalue weighted by atomic mass is 10.2. The summed E-state index contributed by atoms with van der Waals surface area (Å²) >= 11 is 39.3. The van der Waals surface area contributed by atoms with E-state index in [1.807, 2.05) is 0 Å². The fourth-order valence-electron chi connectivity index (χ4n) is 5.23. The van der Waals surface area contributed by atoms with E-state index in [1.54, 1.807) is 13.8 Å². The minimum atomic E-state index is -4.57. The molecule has 2 unspecified atom stereocenters. The highest BCUT2D eigenvalue weighted by atomic mass is 79.9. The first-order valence-corrected chi connectivity index (χ1v) is 21.2. The number of phenolic OH excluding ortho intramolecular Hbond substituents is 1. The van der Waals surface area contributed by atoms with Crippen molar-refractivity contribution in [2.24, 2.45) is 0 Å². The van der Waals surface area contributed by atoms with Crippen LogP contribution in [-0.4, -0.2) is 78.5 Å². The van der Waals surface area contributed by atoms with Gasteiger partial charge in [0.2, 0.25) is 11.6 Å². The summed E-state index contributed by atoms with van der Waals surface area (Å²) in [6, 6.07) is 7.05. The number of hydrogen-bond acceptors (Lipinski definition) is 12. The van der Waals surface area contributed by atoms with Gasteiger partial charge in [-0.15, -0.1) is 0 Å². The van der Waals surface area contributed by atoms with Gasteiger partial charge in [-0.2, -0.15) is 36.3 Å². The number of hydrogen-bond donors (Lipinski definition) is 3. The zero-order valence-corrected chi connectivity index (χ0v) is 38.5. The van der Waals surface area contributed by atoms with E-state index >= 15 is 0 Å². The van der Waals surface area contributed by atoms with E-state index in [-0.39, 0.29) is 100 Å². The van der Waals surface area contributed by atoms with Gasteiger partial charge in [0.1, 0.15) is 29.5 Å². The molecule has 2 aromatic carbocycles. The maximum atomic E-state index is 13.0. The van der Waals surface area contributed by atoms with Crippen LogP contribution in [-0.2, 0) is 12.4 Å². The molecule has 0 radical (unpaired) electrons. The highest BCUT2D eigenvalue weighted by Crippen LogP contribution is 2.39. The molecule has 0 aliphatic carbocycles. The Hall–Kier alpha value is -4.58. The second-order valence-electron chi connectivity index (χ2n) is 13.4. The van der Waals surface area contributed by atoms with Gasteiger partial charge >= 0.3 is 12.4 Å². The van der Waals surface area contributed by atoms with Crippen molar-refractivity contribution in [3.63, 3.8) is 0 Å². The van der Waals surface area contributed by atoms with E-state index in [4.69, 9.17) is 88.5 Å². The van der Waals surface area contributed by atoms with Crippen molar-refractivity contribution < 1.29 is 55.4 Å². The van der Waals surface area contributed by atoms with Gasteiger partial charge < -0.3 is 37.9 Å². The molecule has 6 aromatic heterocycles. The zero-order chi connectivity index (χ0) is 47.7. The van der Waals surface area contributed by atoms with Crippen molar-refractivity contribution in [1.82, 2.24) is 39.1 Å². The molecule has 0 saturated heterocycles. The molecule has 8 rings (SSSR count). The Bertz CT molecular complexity index is 3000. The topological polar surface area (TPSA) is 182 Å². The molecule has 14 nitrogen and oxygen atoms in total. The van der Waals surface area contributed by atoms with Gasteiger partial charge in [-0.1, -0.05) is 95.8 Å². The van der Waals surface area contributed by atoms with Crippen molar-refractivity contribution in [3.8, 4) is 57.4 Å². The first-order chi connectivity index (χ1) is 30.4. The SMILES string of the molecule is CC(O)CBr.CC(O)COc1cc(Cl)c(-c2noc(-c3cn4cc(C(F)(F)F)cc(Cl)c4n3)n2)cc1Cl.Oc1cc(Cl)c(-c2noc(-c3cn4cc(C(F)(F)F)cc(Cl)c4n3)n2)cc1Cl. The van der Waals surface area contributed by atoms with Crippen molar-refractivity contribution in [1.29, 1.82) is 0 Å². The Labute approximate surface area is 399 Å². The summed E-state index contributed by atoms with van der Waals surface area (Å²) in [6.07, 6.45) is -5.75. The van der Waals surface area contributed by atoms with E-state index in [1.165, 1.54) is 36.7 Å². The van der Waals surface area contributed by atoms with Crippen LogP contribution in [0.5, 0.6) is 11.5 Å². The van der Waals surface area contributed by atoms with Gasteiger partial charge in [0.25, 0.3) is 11.8 Å². The monoisotopic (exact) mass is 1090 g/mol. The van der Waals surface area contributed by atoms with Crippen LogP contribution in [0.4, 0.5) is 26.3 Å². The lowest BCUT2D eigenvalue weighted by Gasteiger charge is -2.11. The van der Waals surface area contributed by atoms with Gasteiger partial charge in [0.05, 0.1) is 53.5 Å². The Kier molecular flexibility index (Phi) is 15.4. The van der Waals surface area contributed by atoms with E-state index in [0.717, 1.165) is 33.3 Å². The molecule has 344 valence electrons. The van der Waals surface area contributed by atoms with E-state index in [2.05, 4.69) is 46.2 Å². The van der Waals surface area contributed by atoms with Crippen LogP contribution in [0.1, 0.15) is 25.0 Å². The molecule has 0 aliphatic heterocycles. The summed E-state index contributed by atoms with van der Waals surface area (Å²) < 4.78 is 95.9. The van der Waals surface area contributed by atoms with Gasteiger partial charge in [0.15, 0.2) is 11.3 Å². The summed E-state index contributed by atoms with van der Waals surface area (Å²) in [7, 11) is 0. The molecular formula is C38H25BrCl6F6N8O6. The van der Waals surface area contributed by atoms with Crippen molar-refractivity contribution in [2.75, 3.05) is 11.9 Å². The number of benzene rings is 2. The Morgan fingerprint density at radius 2 is 1.05 bits per heavy atom. The van der Waals surface area contributed by atoms with Crippen LogP contribution in [0.2, 0.25) is 30.1 Å². The summed E-state index contributed by atoms with van der Waals surface area (Å²) in [6.45, 7) is 3.31. The van der Waals surface area contributed by atoms with Crippen LogP contribution in [0.3, 0.4) is 0 Å². The summed E-state index contributed by atoms with van der Waals surface area (Å²) in [5.41, 5.74) is -0.816. The number of pyridine rings is 2. The van der Waals surface area contributed by atoms with Crippen LogP contribution < -0.4 is 4.74 Å². The highest BCUT2D eigenvalue weighted by Gasteiger charge is 2.33. The molecule has 0 aliphatic rings. The molecule has 0 saturated carbocycles. The first-order valence-electron chi connectivity index (χ1n) is 17.8. The van der Waals surface area contributed by atoms with Gasteiger partial charge in [-0.05, 0) is 38.1 Å². The third-order valence-corrected chi connectivity index (χ3v) is 10.9.